The van der Waals surface area contributed by atoms with Crippen molar-refractivity contribution < 1.29 is 4.79 Å². The molecule has 2 heterocycles. The average Bonchev–Trinajstić information content (AvgIpc) is 2.39. The highest BCUT2D eigenvalue weighted by Crippen LogP contribution is 2.44. The number of carbonyl (C=O) groups is 1. The zero-order valence-corrected chi connectivity index (χ0v) is 9.80. The number of carbonyl (C=O) groups excluding carboxylic acids is 1. The summed E-state index contributed by atoms with van der Waals surface area (Å²) < 4.78 is -0.540. The molecule has 0 aliphatic carbocycles. The standard InChI is InChI=1S/C11H15N3OS/c12-14-10(15)11(5-1-2-7-16-11)9-4-3-6-13-8-9/h3-4,6,8H,1-2,5,7,12H2,(H,14,15)/t11-/m1/s1. The van der Waals surface area contributed by atoms with E-state index in [-0.39, 0.29) is 5.91 Å². The van der Waals surface area contributed by atoms with Crippen molar-refractivity contribution in [2.45, 2.75) is 24.0 Å². The molecule has 16 heavy (non-hydrogen) atoms. The lowest BCUT2D eigenvalue weighted by Crippen LogP contribution is -2.46. The van der Waals surface area contributed by atoms with Gasteiger partial charge in [-0.15, -0.1) is 11.8 Å². The predicted octanol–water partition coefficient (Wildman–Crippen LogP) is 1.18. The van der Waals surface area contributed by atoms with Crippen molar-refractivity contribution in [3.05, 3.63) is 30.1 Å². The molecular formula is C11H15N3OS. The quantitative estimate of drug-likeness (QED) is 0.460. The highest BCUT2D eigenvalue weighted by atomic mass is 32.2. The fraction of sp³-hybridized carbons (Fsp3) is 0.455. The summed E-state index contributed by atoms with van der Waals surface area (Å²) in [5.74, 6) is 6.16. The van der Waals surface area contributed by atoms with Crippen LogP contribution in [0.15, 0.2) is 24.5 Å². The first-order valence-electron chi connectivity index (χ1n) is 5.35. The Morgan fingerprint density at radius 3 is 3.00 bits per heavy atom. The van der Waals surface area contributed by atoms with E-state index in [1.807, 2.05) is 12.1 Å². The van der Waals surface area contributed by atoms with Gasteiger partial charge in [0, 0.05) is 12.4 Å². The van der Waals surface area contributed by atoms with Crippen molar-refractivity contribution in [2.75, 3.05) is 5.75 Å². The van der Waals surface area contributed by atoms with Crippen LogP contribution >= 0.6 is 11.8 Å². The van der Waals surface area contributed by atoms with E-state index in [9.17, 15) is 4.79 Å². The van der Waals surface area contributed by atoms with Crippen molar-refractivity contribution in [3.63, 3.8) is 0 Å². The Morgan fingerprint density at radius 1 is 1.56 bits per heavy atom. The van der Waals surface area contributed by atoms with Gasteiger partial charge in [-0.2, -0.15) is 0 Å². The summed E-state index contributed by atoms with van der Waals surface area (Å²) in [6.45, 7) is 0. The molecule has 2 rings (SSSR count). The van der Waals surface area contributed by atoms with Gasteiger partial charge in [-0.1, -0.05) is 12.5 Å². The Balaban J connectivity index is 2.38. The lowest BCUT2D eigenvalue weighted by molar-refractivity contribution is -0.124. The van der Waals surface area contributed by atoms with Crippen molar-refractivity contribution in [1.29, 1.82) is 0 Å². The maximum atomic E-state index is 12.0. The molecule has 0 radical (unpaired) electrons. The Kier molecular flexibility index (Phi) is 3.46. The summed E-state index contributed by atoms with van der Waals surface area (Å²) in [4.78, 5) is 16.1. The SMILES string of the molecule is NNC(=O)[C@]1(c2cccnc2)CCCCS1. The Hall–Kier alpha value is -1.07. The third-order valence-corrected chi connectivity index (χ3v) is 4.51. The number of nitrogens with zero attached hydrogens (tertiary/aromatic N) is 1. The highest BCUT2D eigenvalue weighted by Gasteiger charge is 2.41. The van der Waals surface area contributed by atoms with E-state index in [0.29, 0.717) is 0 Å². The molecule has 1 fully saturated rings. The van der Waals surface area contributed by atoms with E-state index in [4.69, 9.17) is 5.84 Å². The van der Waals surface area contributed by atoms with Crippen LogP contribution < -0.4 is 11.3 Å². The van der Waals surface area contributed by atoms with Crippen molar-refractivity contribution >= 4 is 17.7 Å². The van der Waals surface area contributed by atoms with Crippen LogP contribution in [0.3, 0.4) is 0 Å². The molecule has 0 unspecified atom stereocenters. The van der Waals surface area contributed by atoms with E-state index in [2.05, 4.69) is 10.4 Å². The van der Waals surface area contributed by atoms with Gasteiger partial charge in [0.1, 0.15) is 4.75 Å². The number of nitrogens with one attached hydrogen (secondary N) is 1. The number of hydrogen-bond acceptors (Lipinski definition) is 4. The van der Waals surface area contributed by atoms with Crippen LogP contribution in [-0.2, 0) is 9.54 Å². The molecule has 0 bridgehead atoms. The molecule has 1 amide bonds. The Labute approximate surface area is 99.0 Å². The molecule has 1 aromatic heterocycles. The maximum absolute atomic E-state index is 12.0. The number of amides is 1. The highest BCUT2D eigenvalue weighted by molar-refractivity contribution is 8.01. The summed E-state index contributed by atoms with van der Waals surface area (Å²) in [6.07, 6.45) is 6.50. The first-order chi connectivity index (χ1) is 7.79. The number of hydrazine groups is 1. The smallest absolute Gasteiger partial charge is 0.254 e. The minimum absolute atomic E-state index is 0.120. The molecule has 1 saturated heterocycles. The Morgan fingerprint density at radius 2 is 2.44 bits per heavy atom. The zero-order valence-electron chi connectivity index (χ0n) is 8.98. The fourth-order valence-corrected chi connectivity index (χ4v) is 3.51. The summed E-state index contributed by atoms with van der Waals surface area (Å²) in [6, 6.07) is 3.80. The van der Waals surface area contributed by atoms with Gasteiger partial charge in [-0.05, 0) is 30.2 Å². The minimum Gasteiger partial charge on any atom is -0.293 e. The molecule has 4 nitrogen and oxygen atoms in total. The minimum atomic E-state index is -0.540. The molecular weight excluding hydrogens is 222 g/mol. The van der Waals surface area contributed by atoms with Gasteiger partial charge in [0.25, 0.3) is 5.91 Å². The third kappa shape index (κ3) is 1.92. The van der Waals surface area contributed by atoms with E-state index in [0.717, 1.165) is 30.6 Å². The summed E-state index contributed by atoms with van der Waals surface area (Å²) in [5.41, 5.74) is 3.23. The summed E-state index contributed by atoms with van der Waals surface area (Å²) in [5, 5.41) is 0. The number of nitrogens with two attached hydrogens (primary N) is 1. The lowest BCUT2D eigenvalue weighted by Gasteiger charge is -2.34. The van der Waals surface area contributed by atoms with E-state index in [1.165, 1.54) is 0 Å². The van der Waals surface area contributed by atoms with Gasteiger partial charge in [0.05, 0.1) is 0 Å². The molecule has 1 aliphatic rings. The second-order valence-corrected chi connectivity index (χ2v) is 5.24. The van der Waals surface area contributed by atoms with Crippen LogP contribution in [0.25, 0.3) is 0 Å². The van der Waals surface area contributed by atoms with Gasteiger partial charge in [0.2, 0.25) is 0 Å². The van der Waals surface area contributed by atoms with Crippen LogP contribution in [0.4, 0.5) is 0 Å². The summed E-state index contributed by atoms with van der Waals surface area (Å²) in [7, 11) is 0. The van der Waals surface area contributed by atoms with Crippen LogP contribution in [0.2, 0.25) is 0 Å². The number of aromatic nitrogens is 1. The number of hydrogen-bond donors (Lipinski definition) is 2. The van der Waals surface area contributed by atoms with Gasteiger partial charge in [-0.25, -0.2) is 5.84 Å². The molecule has 3 N–H and O–H groups in total. The molecule has 1 aliphatic heterocycles. The topological polar surface area (TPSA) is 68.0 Å². The first-order valence-corrected chi connectivity index (χ1v) is 6.34. The van der Waals surface area contributed by atoms with Crippen LogP contribution in [0.1, 0.15) is 24.8 Å². The lowest BCUT2D eigenvalue weighted by atomic mass is 9.92. The molecule has 86 valence electrons. The second-order valence-electron chi connectivity index (χ2n) is 3.85. The predicted molar refractivity (Wildman–Crippen MR) is 64.6 cm³/mol. The second kappa shape index (κ2) is 4.84. The van der Waals surface area contributed by atoms with Crippen LogP contribution in [-0.4, -0.2) is 16.6 Å². The Bertz CT molecular complexity index is 363. The number of pyridine rings is 1. The number of thioether (sulfide) groups is 1. The van der Waals surface area contributed by atoms with E-state index in [1.54, 1.807) is 24.2 Å². The van der Waals surface area contributed by atoms with Gasteiger partial charge < -0.3 is 0 Å². The van der Waals surface area contributed by atoms with Gasteiger partial charge in [0.15, 0.2) is 0 Å². The monoisotopic (exact) mass is 237 g/mol. The van der Waals surface area contributed by atoms with Crippen molar-refractivity contribution in [1.82, 2.24) is 10.4 Å². The number of rotatable bonds is 2. The average molecular weight is 237 g/mol. The normalized spacial score (nSPS) is 25.1. The molecule has 0 aromatic carbocycles. The van der Waals surface area contributed by atoms with Gasteiger partial charge in [-0.3, -0.25) is 15.2 Å². The molecule has 5 heteroatoms. The fourth-order valence-electron chi connectivity index (χ4n) is 2.05. The van der Waals surface area contributed by atoms with Crippen molar-refractivity contribution in [2.24, 2.45) is 5.84 Å². The van der Waals surface area contributed by atoms with Crippen molar-refractivity contribution in [3.8, 4) is 0 Å². The molecule has 0 saturated carbocycles. The van der Waals surface area contributed by atoms with Crippen LogP contribution in [0.5, 0.6) is 0 Å². The van der Waals surface area contributed by atoms with Gasteiger partial charge >= 0.3 is 0 Å². The van der Waals surface area contributed by atoms with Crippen LogP contribution in [0, 0.1) is 0 Å². The summed E-state index contributed by atoms with van der Waals surface area (Å²) >= 11 is 1.66. The maximum Gasteiger partial charge on any atom is 0.254 e. The first kappa shape index (κ1) is 11.4. The molecule has 1 atom stereocenters. The third-order valence-electron chi connectivity index (χ3n) is 2.90. The molecule has 1 aromatic rings. The van der Waals surface area contributed by atoms with E-state index < -0.39 is 4.75 Å². The van der Waals surface area contributed by atoms with E-state index >= 15 is 0 Å². The largest absolute Gasteiger partial charge is 0.293 e. The molecule has 0 spiro atoms. The zero-order chi connectivity index (χ0) is 11.4.